The molecule has 1 saturated carbocycles. The topological polar surface area (TPSA) is 57.7 Å². The summed E-state index contributed by atoms with van der Waals surface area (Å²) in [4.78, 5) is 14.0. The van der Waals surface area contributed by atoms with Crippen LogP contribution in [-0.2, 0) is 14.8 Å². The van der Waals surface area contributed by atoms with Crippen molar-refractivity contribution >= 4 is 39.1 Å². The van der Waals surface area contributed by atoms with Gasteiger partial charge in [-0.05, 0) is 31.0 Å². The number of hydrogen-bond donors (Lipinski definition) is 0. The fourth-order valence-corrected chi connectivity index (χ4v) is 4.76. The van der Waals surface area contributed by atoms with Gasteiger partial charge in [-0.1, -0.05) is 42.5 Å². The van der Waals surface area contributed by atoms with E-state index in [2.05, 4.69) is 0 Å². The Morgan fingerprint density at radius 1 is 1.17 bits per heavy atom. The van der Waals surface area contributed by atoms with Crippen LogP contribution in [0.1, 0.15) is 32.1 Å². The van der Waals surface area contributed by atoms with Gasteiger partial charge in [-0.25, -0.2) is 8.42 Å². The molecule has 1 fully saturated rings. The van der Waals surface area contributed by atoms with Crippen LogP contribution >= 0.6 is 23.2 Å². The van der Waals surface area contributed by atoms with Gasteiger partial charge in [-0.2, -0.15) is 4.31 Å². The molecule has 8 heteroatoms. The van der Waals surface area contributed by atoms with E-state index in [1.165, 1.54) is 31.7 Å². The van der Waals surface area contributed by atoms with Crippen molar-refractivity contribution in [3.05, 3.63) is 28.2 Å². The molecule has 0 radical (unpaired) electrons. The number of nitrogens with zero attached hydrogens (tertiary/aromatic N) is 2. The number of benzene rings is 1. The summed E-state index contributed by atoms with van der Waals surface area (Å²) in [5.41, 5.74) is 0. The van der Waals surface area contributed by atoms with E-state index in [0.29, 0.717) is 0 Å². The second-order valence-electron chi connectivity index (χ2n) is 6.13. The SMILES string of the molecule is CN(C(=O)CN(C)S(=O)(=O)c1cc(Cl)ccc1Cl)C1CCCCC1. The van der Waals surface area contributed by atoms with Gasteiger partial charge in [-0.15, -0.1) is 0 Å². The van der Waals surface area contributed by atoms with Crippen LogP contribution in [0.5, 0.6) is 0 Å². The summed E-state index contributed by atoms with van der Waals surface area (Å²) in [5, 5.41) is 0.358. The number of amides is 1. The number of likely N-dealkylation sites (N-methyl/N-ethyl adjacent to an activating group) is 2. The summed E-state index contributed by atoms with van der Waals surface area (Å²) < 4.78 is 26.3. The molecule has 134 valence electrons. The number of carbonyl (C=O) groups is 1. The fourth-order valence-electron chi connectivity index (χ4n) is 2.90. The summed E-state index contributed by atoms with van der Waals surface area (Å²) >= 11 is 11.9. The molecule has 0 N–H and O–H groups in total. The highest BCUT2D eigenvalue weighted by Crippen LogP contribution is 2.27. The van der Waals surface area contributed by atoms with Gasteiger partial charge in [0.2, 0.25) is 15.9 Å². The molecule has 1 aliphatic rings. The van der Waals surface area contributed by atoms with Gasteiger partial charge in [0.25, 0.3) is 0 Å². The first-order valence-electron chi connectivity index (χ1n) is 7.90. The molecule has 0 spiro atoms. The van der Waals surface area contributed by atoms with Crippen molar-refractivity contribution in [3.63, 3.8) is 0 Å². The second-order valence-corrected chi connectivity index (χ2v) is 8.99. The largest absolute Gasteiger partial charge is 0.342 e. The number of carbonyl (C=O) groups excluding carboxylic acids is 1. The molecular formula is C16H22Cl2N2O3S. The van der Waals surface area contributed by atoms with Crippen LogP contribution in [0.4, 0.5) is 0 Å². The lowest BCUT2D eigenvalue weighted by Crippen LogP contribution is -2.44. The molecule has 1 aromatic carbocycles. The normalized spacial score (nSPS) is 16.4. The van der Waals surface area contributed by atoms with E-state index >= 15 is 0 Å². The monoisotopic (exact) mass is 392 g/mol. The van der Waals surface area contributed by atoms with E-state index in [9.17, 15) is 13.2 Å². The zero-order valence-electron chi connectivity index (χ0n) is 13.8. The molecule has 0 aliphatic heterocycles. The minimum absolute atomic E-state index is 0.0827. The van der Waals surface area contributed by atoms with Gasteiger partial charge in [0, 0.05) is 25.2 Å². The van der Waals surface area contributed by atoms with Crippen LogP contribution in [0.2, 0.25) is 10.0 Å². The zero-order chi connectivity index (χ0) is 17.9. The summed E-state index contributed by atoms with van der Waals surface area (Å²) in [6, 6.07) is 4.44. The highest BCUT2D eigenvalue weighted by molar-refractivity contribution is 7.89. The van der Waals surface area contributed by atoms with E-state index in [1.54, 1.807) is 11.9 Å². The van der Waals surface area contributed by atoms with Crippen LogP contribution in [0.15, 0.2) is 23.1 Å². The average molecular weight is 393 g/mol. The molecule has 5 nitrogen and oxygen atoms in total. The van der Waals surface area contributed by atoms with Gasteiger partial charge in [0.1, 0.15) is 4.90 Å². The maximum atomic E-state index is 12.7. The predicted octanol–water partition coefficient (Wildman–Crippen LogP) is 3.41. The first kappa shape index (κ1) is 19.5. The minimum atomic E-state index is -3.88. The molecule has 0 bridgehead atoms. The van der Waals surface area contributed by atoms with Crippen LogP contribution in [-0.4, -0.2) is 50.2 Å². The third-order valence-electron chi connectivity index (χ3n) is 4.46. The molecule has 1 aliphatic carbocycles. The molecule has 1 aromatic rings. The van der Waals surface area contributed by atoms with Crippen molar-refractivity contribution in [1.29, 1.82) is 0 Å². The van der Waals surface area contributed by atoms with Crippen molar-refractivity contribution in [2.75, 3.05) is 20.6 Å². The standard InChI is InChI=1S/C16H22Cl2N2O3S/c1-19(11-16(21)20(2)13-6-4-3-5-7-13)24(22,23)15-10-12(17)8-9-14(15)18/h8-10,13H,3-7,11H2,1-2H3. The molecule has 2 rings (SSSR count). The Bertz CT molecular complexity index is 703. The van der Waals surface area contributed by atoms with Crippen molar-refractivity contribution in [1.82, 2.24) is 9.21 Å². The van der Waals surface area contributed by atoms with Gasteiger partial charge in [0.15, 0.2) is 0 Å². The summed E-state index contributed by atoms with van der Waals surface area (Å²) in [6.07, 6.45) is 5.35. The summed E-state index contributed by atoms with van der Waals surface area (Å²) in [6.45, 7) is -0.224. The van der Waals surface area contributed by atoms with E-state index in [1.807, 2.05) is 0 Å². The van der Waals surface area contributed by atoms with Crippen molar-refractivity contribution < 1.29 is 13.2 Å². The quantitative estimate of drug-likeness (QED) is 0.771. The smallest absolute Gasteiger partial charge is 0.244 e. The van der Waals surface area contributed by atoms with Gasteiger partial charge >= 0.3 is 0 Å². The number of halogens is 2. The molecule has 0 saturated heterocycles. The third kappa shape index (κ3) is 4.42. The van der Waals surface area contributed by atoms with E-state index < -0.39 is 10.0 Å². The van der Waals surface area contributed by atoms with Crippen LogP contribution in [0.3, 0.4) is 0 Å². The molecule has 1 amide bonds. The van der Waals surface area contributed by atoms with Crippen LogP contribution in [0, 0.1) is 0 Å². The number of hydrogen-bond acceptors (Lipinski definition) is 3. The minimum Gasteiger partial charge on any atom is -0.342 e. The Hall–Kier alpha value is -0.820. The van der Waals surface area contributed by atoms with Crippen LogP contribution in [0.25, 0.3) is 0 Å². The van der Waals surface area contributed by atoms with E-state index in [0.717, 1.165) is 30.0 Å². The van der Waals surface area contributed by atoms with Gasteiger partial charge < -0.3 is 4.90 Å². The van der Waals surface area contributed by atoms with E-state index in [4.69, 9.17) is 23.2 Å². The average Bonchev–Trinajstić information content (AvgIpc) is 2.56. The molecule has 0 atom stereocenters. The first-order chi connectivity index (χ1) is 11.2. The highest BCUT2D eigenvalue weighted by Gasteiger charge is 2.29. The maximum Gasteiger partial charge on any atom is 0.244 e. The molecule has 0 aromatic heterocycles. The third-order valence-corrected chi connectivity index (χ3v) is 6.98. The Morgan fingerprint density at radius 3 is 2.42 bits per heavy atom. The van der Waals surface area contributed by atoms with Crippen LogP contribution < -0.4 is 0 Å². The summed E-state index contributed by atoms with van der Waals surface area (Å²) in [7, 11) is -0.767. The van der Waals surface area contributed by atoms with Gasteiger partial charge in [-0.3, -0.25) is 4.79 Å². The lowest BCUT2D eigenvalue weighted by Gasteiger charge is -2.32. The maximum absolute atomic E-state index is 12.7. The molecule has 0 unspecified atom stereocenters. The first-order valence-corrected chi connectivity index (χ1v) is 10.1. The zero-order valence-corrected chi connectivity index (χ0v) is 16.2. The molecule has 24 heavy (non-hydrogen) atoms. The van der Waals surface area contributed by atoms with Crippen molar-refractivity contribution in [2.24, 2.45) is 0 Å². The predicted molar refractivity (Wildman–Crippen MR) is 95.9 cm³/mol. The Balaban J connectivity index is 2.11. The van der Waals surface area contributed by atoms with E-state index in [-0.39, 0.29) is 33.4 Å². The lowest BCUT2D eigenvalue weighted by molar-refractivity contribution is -0.132. The lowest BCUT2D eigenvalue weighted by atomic mass is 9.94. The van der Waals surface area contributed by atoms with Gasteiger partial charge in [0.05, 0.1) is 11.6 Å². The summed E-state index contributed by atoms with van der Waals surface area (Å²) in [5.74, 6) is -0.217. The highest BCUT2D eigenvalue weighted by atomic mass is 35.5. The number of rotatable bonds is 5. The van der Waals surface area contributed by atoms with Crippen molar-refractivity contribution in [3.8, 4) is 0 Å². The molecular weight excluding hydrogens is 371 g/mol. The number of sulfonamides is 1. The Morgan fingerprint density at radius 2 is 1.79 bits per heavy atom. The Labute approximate surface area is 153 Å². The molecule has 0 heterocycles. The van der Waals surface area contributed by atoms with Crippen molar-refractivity contribution in [2.45, 2.75) is 43.0 Å². The Kier molecular flexibility index (Phi) is 6.53. The second kappa shape index (κ2) is 8.04. The fraction of sp³-hybridized carbons (Fsp3) is 0.562.